The first-order chi connectivity index (χ1) is 62.2. The van der Waals surface area contributed by atoms with Gasteiger partial charge in [-0.05, 0) is 111 Å². The second-order valence-corrected chi connectivity index (χ2v) is 27.6. The topological polar surface area (TPSA) is 415 Å². The molecule has 0 spiro atoms. The Hall–Kier alpha value is -7.14. The Morgan fingerprint density at radius 3 is 1.16 bits per heavy atom. The molecule has 3 aromatic carbocycles. The van der Waals surface area contributed by atoms with Gasteiger partial charge in [0.15, 0.2) is 66.4 Å². The third-order valence-corrected chi connectivity index (χ3v) is 19.9. The monoisotopic (exact) mass is 1580 g/mol. The number of halogens is 3. The van der Waals surface area contributed by atoms with Gasteiger partial charge in [-0.2, -0.15) is 0 Å². The second kappa shape index (κ2) is 35.1. The molecule has 6 aromatic heterocycles. The van der Waals surface area contributed by atoms with Crippen LogP contribution in [0.5, 0.6) is 0 Å². The normalized spacial score (nSPS) is 41.6. The average molecular weight is 1580 g/mol. The minimum absolute atomic E-state index is 0.00333. The van der Waals surface area contributed by atoms with Crippen LogP contribution in [-0.2, 0) is 14.2 Å². The molecule has 30 nitrogen and oxygen atoms in total. The fourth-order valence-corrected chi connectivity index (χ4v) is 13.2. The number of aryl methyl sites for hydroxylation is 3. The van der Waals surface area contributed by atoms with E-state index in [-0.39, 0.29) is 125 Å². The number of anilines is 3. The zero-order valence-corrected chi connectivity index (χ0v) is 60.5. The van der Waals surface area contributed by atoms with E-state index in [1.165, 1.54) is 18.2 Å². The Morgan fingerprint density at radius 1 is 0.481 bits per heavy atom. The minimum Gasteiger partial charge on any atom is -0.394 e. The predicted octanol–water partition coefficient (Wildman–Crippen LogP) is 6.55. The fourth-order valence-electron chi connectivity index (χ4n) is 11.4. The molecule has 6 heterocycles. The highest BCUT2D eigenvalue weighted by Crippen LogP contribution is 2.48. The molecule has 6 saturated carbocycles. The molecule has 0 saturated heterocycles. The third kappa shape index (κ3) is 17.5. The number of nitrogens with one attached hydrogen (secondary N) is 3. The van der Waals surface area contributed by atoms with Crippen molar-refractivity contribution in [1.29, 1.82) is 0 Å². The van der Waals surface area contributed by atoms with Crippen molar-refractivity contribution in [2.45, 2.75) is 223 Å². The zero-order chi connectivity index (χ0) is 102. The maximum atomic E-state index is 14.2. The van der Waals surface area contributed by atoms with E-state index < -0.39 is 160 Å². The van der Waals surface area contributed by atoms with Crippen molar-refractivity contribution in [1.82, 2.24) is 74.9 Å². The van der Waals surface area contributed by atoms with Crippen LogP contribution < -0.4 is 16.0 Å². The second-order valence-electron chi connectivity index (χ2n) is 24.8. The molecular weight excluding hydrogens is 1460 g/mol. The highest BCUT2D eigenvalue weighted by Gasteiger charge is 2.49. The maximum absolute atomic E-state index is 14.2. The summed E-state index contributed by atoms with van der Waals surface area (Å²) in [4.78, 5) is 25.9. The number of aliphatic hydroxyl groups excluding tert-OH is 1. The number of aliphatic hydroxyl groups is 9. The van der Waals surface area contributed by atoms with E-state index in [9.17, 15) is 59.1 Å². The molecule has 6 aliphatic rings. The third-order valence-electron chi connectivity index (χ3n) is 17.2. The number of aromatic nitrogens is 15. The number of thioether (sulfide) groups is 3. The van der Waals surface area contributed by atoms with Gasteiger partial charge in [0.1, 0.15) is 53.9 Å². The average Bonchev–Trinajstić information content (AvgIpc) is 1.49. The fraction of sp³-hybridized carbons (Fsp3) is 0.583. The van der Waals surface area contributed by atoms with Crippen LogP contribution in [0.2, 0.25) is 0 Å². The summed E-state index contributed by atoms with van der Waals surface area (Å²) in [6.45, 7) is -4.19. The Balaban J connectivity index is 0.000000173. The van der Waals surface area contributed by atoms with E-state index >= 15 is 0 Å². The lowest BCUT2D eigenvalue weighted by Crippen LogP contribution is -2.33. The summed E-state index contributed by atoms with van der Waals surface area (Å²) >= 11 is 2.31. The van der Waals surface area contributed by atoms with Crippen molar-refractivity contribution in [3.63, 3.8) is 0 Å². The Kier molecular flexibility index (Phi) is 16.5. The molecule has 18 atom stereocenters. The van der Waals surface area contributed by atoms with Crippen molar-refractivity contribution < 1.29 is 112 Å². The van der Waals surface area contributed by atoms with Crippen LogP contribution in [0.1, 0.15) is 186 Å². The molecule has 0 bridgehead atoms. The van der Waals surface area contributed by atoms with Crippen LogP contribution in [0, 0.1) is 38.2 Å². The standard InChI is InChI=1S/3C24H31FN6O4S/c3*1-3-8-36-24-27-22(26-16-10-14(16)13-5-4-12(2)15(25)9-13)19-23(28-24)31(30-29-19)17-11-18(35-7-6-32)21(34)20(17)33/h3*4-5,9,14,16-18,20-21,32-34H,3,6-8,10-11H2,1-2H3,(H,26,27,28)/t3*14-,16+,17+,18-,20-,21+/m000/s1/i6D2,8D2,11D2,17D,18D,20D,21D;6D2,7D2,11D2,17D,18D,20D,21D;8D2,11D2,17D,18D,20D,21D. The highest BCUT2D eigenvalue weighted by molar-refractivity contribution is 7.99. The smallest absolute Gasteiger partial charge is 0.191 e. The van der Waals surface area contributed by atoms with Crippen LogP contribution in [-0.4, -0.2) is 250 Å². The number of fused-ring (bicyclic) bond motifs is 3. The number of rotatable bonds is 30. The van der Waals surface area contributed by atoms with Gasteiger partial charge >= 0.3 is 0 Å². The highest BCUT2D eigenvalue weighted by atomic mass is 32.2. The first-order valence-corrected chi connectivity index (χ1v) is 36.2. The molecule has 108 heavy (non-hydrogen) atoms. The van der Waals surface area contributed by atoms with Crippen molar-refractivity contribution >= 4 is 86.2 Å². The van der Waals surface area contributed by atoms with E-state index in [1.54, 1.807) is 71.0 Å². The lowest BCUT2D eigenvalue weighted by atomic mass is 10.1. The zero-order valence-electron chi connectivity index (χ0n) is 86.0. The molecule has 36 heteroatoms. The van der Waals surface area contributed by atoms with Gasteiger partial charge in [-0.3, -0.25) is 0 Å². The number of hydrogen-bond acceptors (Lipinski definition) is 30. The van der Waals surface area contributed by atoms with Crippen LogP contribution in [0.15, 0.2) is 70.1 Å². The summed E-state index contributed by atoms with van der Waals surface area (Å²) in [6, 6.07) is 2.78. The molecule has 0 radical (unpaired) electrons. The minimum atomic E-state index is -4.22. The van der Waals surface area contributed by atoms with Crippen LogP contribution in [0.25, 0.3) is 33.5 Å². The largest absolute Gasteiger partial charge is 0.394 e. The van der Waals surface area contributed by atoms with Crippen LogP contribution >= 0.6 is 35.3 Å². The molecule has 12 N–H and O–H groups in total. The lowest BCUT2D eigenvalue weighted by molar-refractivity contribution is -0.0629. The van der Waals surface area contributed by atoms with Crippen LogP contribution in [0.3, 0.4) is 0 Å². The number of ether oxygens (including phenoxy) is 3. The Labute approximate surface area is 672 Å². The van der Waals surface area contributed by atoms with Gasteiger partial charge in [0.25, 0.3) is 0 Å². The van der Waals surface area contributed by atoms with Crippen LogP contribution in [0.4, 0.5) is 30.6 Å². The summed E-state index contributed by atoms with van der Waals surface area (Å²) in [5.41, 5.74) is -2.32. The Bertz CT molecular complexity index is 6090. The van der Waals surface area contributed by atoms with Gasteiger partial charge < -0.3 is 76.1 Å². The quantitative estimate of drug-likeness (QED) is 0.0168. The maximum Gasteiger partial charge on any atom is 0.191 e. The van der Waals surface area contributed by atoms with Crippen molar-refractivity contribution in [3.05, 3.63) is 105 Å². The van der Waals surface area contributed by atoms with E-state index in [4.69, 9.17) is 47.9 Å². The van der Waals surface area contributed by atoms with E-state index in [0.29, 0.717) is 81.9 Å². The number of hydrogen-bond donors (Lipinski definition) is 12. The molecular formula is C72H93F3N18O12S3. The van der Waals surface area contributed by atoms with Gasteiger partial charge in [0.05, 0.1) is 100 Å². The molecule has 0 amide bonds. The number of nitrogens with zero attached hydrogens (tertiary/aromatic N) is 15. The summed E-state index contributed by atoms with van der Waals surface area (Å²) in [7, 11) is 0. The number of benzene rings is 3. The summed E-state index contributed by atoms with van der Waals surface area (Å²) in [5.74, 6) is -1.04. The van der Waals surface area contributed by atoms with Crippen molar-refractivity contribution in [2.75, 3.05) is 72.6 Å². The predicted molar refractivity (Wildman–Crippen MR) is 398 cm³/mol. The van der Waals surface area contributed by atoms with Gasteiger partial charge in [-0.25, -0.2) is 57.1 Å². The Morgan fingerprint density at radius 2 is 0.833 bits per heavy atom. The van der Waals surface area contributed by atoms with Gasteiger partial charge in [-0.15, -0.1) is 15.3 Å². The van der Waals surface area contributed by atoms with E-state index in [2.05, 4.69) is 81.5 Å². The molecule has 15 rings (SSSR count). The van der Waals surface area contributed by atoms with Gasteiger partial charge in [0.2, 0.25) is 0 Å². The molecule has 582 valence electrons. The molecule has 6 aliphatic carbocycles. The first kappa shape index (κ1) is 50.7. The molecule has 0 aliphatic heterocycles. The molecule has 9 aromatic rings. The summed E-state index contributed by atoms with van der Waals surface area (Å²) < 4.78 is 291. The lowest BCUT2D eigenvalue weighted by Gasteiger charge is -2.17. The van der Waals surface area contributed by atoms with E-state index in [1.807, 2.05) is 6.92 Å². The first-order valence-electron chi connectivity index (χ1n) is 47.6. The van der Waals surface area contributed by atoms with Crippen molar-refractivity contribution in [2.24, 2.45) is 0 Å². The van der Waals surface area contributed by atoms with Gasteiger partial charge in [0, 0.05) is 85.9 Å². The van der Waals surface area contributed by atoms with Gasteiger partial charge in [-0.1, -0.05) is 108 Å². The van der Waals surface area contributed by atoms with Crippen molar-refractivity contribution in [3.8, 4) is 0 Å². The molecule has 6 fully saturated rings. The SMILES string of the molecule is [2H]C([2H])(CC)Sc1nc(N[C@@H]2C[C@H]2c2ccc(C)c(F)c2)c2nnn([C@]3([2H])C([2H])([2H])[C@]([2H])(OCCO)[C@@]([2H])(O)[C@@]3([2H])O)c2n1.[2H]C([2H])(O)C([2H])([2H])O[C@@]1([2H])C([2H])([2H])[C@@]([2H])(n2nnc3c(N[C@@H]4C[C@H]4c4ccc(C)c(F)c4)nc(SCCC)nc32)[C@]([2H])(O)[C@]1([2H])O.[2H]C([2H])(O)CO[C@@]1([2H])C([2H])([2H])[C@@]([2H])(n2nnc3c(N[C@@H]4C[C@H]4c4ccc(C)c(F)c4)nc(SC([2H])([2H])CC)nc32)[C@]([2H])(O)[C@]1([2H])O. The summed E-state index contributed by atoms with van der Waals surface area (Å²) in [6.07, 6.45) is -44.3. The van der Waals surface area contributed by atoms with E-state index in [0.717, 1.165) is 22.9 Å². The summed E-state index contributed by atoms with van der Waals surface area (Å²) in [5, 5.41) is 127. The molecule has 0 unspecified atom stereocenters.